The Morgan fingerprint density at radius 1 is 1.14 bits per heavy atom. The minimum atomic E-state index is -0.225. The standard InChI is InChI=1S/C16H15Cl2N7O.C7H14.C2H6.C2H2/c17-11-2-1-10(12(18)5-11)7-22-15(26)8-21-13-6-14(24-16(19)23-13)25-4-3-20-9-25;1-7-5-3-2-4-6-7;2*1-2/h1-6,9H,7-8H2,(H,22,26)(H3,19,21,23,24);7H,2-6H2,1H3;1-2H3;1-2H. The van der Waals surface area contributed by atoms with Crippen molar-refractivity contribution in [2.45, 2.75) is 59.4 Å². The number of carbonyl (C=O) groups is 1. The number of terminal acetylenes is 1. The van der Waals surface area contributed by atoms with Gasteiger partial charge >= 0.3 is 0 Å². The number of nitrogen functional groups attached to an aromatic ring is 1. The molecule has 4 rings (SSSR count). The van der Waals surface area contributed by atoms with E-state index in [2.05, 4.69) is 45.4 Å². The van der Waals surface area contributed by atoms with Gasteiger partial charge in [-0.2, -0.15) is 9.97 Å². The molecule has 1 fully saturated rings. The van der Waals surface area contributed by atoms with Crippen molar-refractivity contribution in [3.05, 3.63) is 58.6 Å². The van der Waals surface area contributed by atoms with Crippen molar-refractivity contribution >= 4 is 40.9 Å². The first kappa shape index (κ1) is 31.7. The molecular formula is C27H37Cl2N7O. The number of imidazole rings is 1. The Kier molecular flexibility index (Phi) is 15.5. The number of halogens is 2. The van der Waals surface area contributed by atoms with Crippen LogP contribution in [0.15, 0.2) is 43.0 Å². The van der Waals surface area contributed by atoms with Gasteiger partial charge in [-0.3, -0.25) is 9.36 Å². The Balaban J connectivity index is 0.000000525. The van der Waals surface area contributed by atoms with Crippen LogP contribution >= 0.6 is 23.2 Å². The Morgan fingerprint density at radius 3 is 2.41 bits per heavy atom. The summed E-state index contributed by atoms with van der Waals surface area (Å²) in [5.74, 6) is 1.88. The van der Waals surface area contributed by atoms with Gasteiger partial charge in [0.15, 0.2) is 0 Å². The van der Waals surface area contributed by atoms with E-state index in [1.54, 1.807) is 47.6 Å². The third kappa shape index (κ3) is 12.0. The molecule has 0 aliphatic heterocycles. The number of hydrogen-bond donors (Lipinski definition) is 3. The lowest BCUT2D eigenvalue weighted by molar-refractivity contribution is -0.119. The second kappa shape index (κ2) is 18.0. The summed E-state index contributed by atoms with van der Waals surface area (Å²) in [6, 6.07) is 6.78. The van der Waals surface area contributed by atoms with Crippen LogP contribution in [0.4, 0.5) is 11.8 Å². The first-order valence-corrected chi connectivity index (χ1v) is 13.1. The molecule has 0 bridgehead atoms. The number of nitrogens with two attached hydrogens (primary N) is 1. The second-order valence-corrected chi connectivity index (χ2v) is 8.89. The molecule has 200 valence electrons. The monoisotopic (exact) mass is 545 g/mol. The zero-order chi connectivity index (χ0) is 27.6. The summed E-state index contributed by atoms with van der Waals surface area (Å²) < 4.78 is 1.69. The number of benzene rings is 1. The van der Waals surface area contributed by atoms with Crippen molar-refractivity contribution in [2.75, 3.05) is 17.6 Å². The number of nitrogens with zero attached hydrogens (tertiary/aromatic N) is 4. The van der Waals surface area contributed by atoms with Crippen LogP contribution in [0.3, 0.4) is 0 Å². The fourth-order valence-corrected chi connectivity index (χ4v) is 3.94. The quantitative estimate of drug-likeness (QED) is 0.320. The van der Waals surface area contributed by atoms with Crippen LogP contribution in [0, 0.1) is 18.8 Å². The summed E-state index contributed by atoms with van der Waals surface area (Å²) in [5, 5.41) is 6.73. The maximum absolute atomic E-state index is 12.0. The minimum Gasteiger partial charge on any atom is -0.368 e. The molecule has 0 saturated heterocycles. The van der Waals surface area contributed by atoms with Crippen LogP contribution in [-0.4, -0.2) is 32.0 Å². The molecule has 2 heterocycles. The molecule has 0 atom stereocenters. The zero-order valence-electron chi connectivity index (χ0n) is 21.8. The van der Waals surface area contributed by atoms with Gasteiger partial charge in [0.2, 0.25) is 11.9 Å². The molecule has 8 nitrogen and oxygen atoms in total. The molecule has 0 unspecified atom stereocenters. The van der Waals surface area contributed by atoms with Crippen molar-refractivity contribution in [3.8, 4) is 18.7 Å². The maximum Gasteiger partial charge on any atom is 0.239 e. The molecule has 1 aromatic carbocycles. The van der Waals surface area contributed by atoms with Gasteiger partial charge in [-0.1, -0.05) is 82.1 Å². The van der Waals surface area contributed by atoms with Gasteiger partial charge in [-0.25, -0.2) is 4.98 Å². The van der Waals surface area contributed by atoms with Crippen LogP contribution < -0.4 is 16.4 Å². The van der Waals surface area contributed by atoms with E-state index < -0.39 is 0 Å². The average Bonchev–Trinajstić information content (AvgIpc) is 3.45. The molecule has 1 amide bonds. The van der Waals surface area contributed by atoms with Gasteiger partial charge in [0.1, 0.15) is 18.0 Å². The summed E-state index contributed by atoms with van der Waals surface area (Å²) >= 11 is 11.9. The van der Waals surface area contributed by atoms with Gasteiger partial charge in [-0.05, 0) is 23.6 Å². The predicted octanol–water partition coefficient (Wildman–Crippen LogP) is 6.14. The van der Waals surface area contributed by atoms with E-state index >= 15 is 0 Å². The molecule has 3 aromatic rings. The lowest BCUT2D eigenvalue weighted by atomic mass is 9.91. The lowest BCUT2D eigenvalue weighted by Gasteiger charge is -2.15. The third-order valence-corrected chi connectivity index (χ3v) is 5.90. The molecule has 37 heavy (non-hydrogen) atoms. The van der Waals surface area contributed by atoms with E-state index in [1.165, 1.54) is 32.1 Å². The van der Waals surface area contributed by atoms with Gasteiger partial charge in [-0.15, -0.1) is 12.8 Å². The highest BCUT2D eigenvalue weighted by Crippen LogP contribution is 2.22. The Hall–Kier alpha value is -3.28. The summed E-state index contributed by atoms with van der Waals surface area (Å²) in [7, 11) is 0. The second-order valence-electron chi connectivity index (χ2n) is 8.05. The van der Waals surface area contributed by atoms with Crippen LogP contribution in [0.2, 0.25) is 10.0 Å². The summed E-state index contributed by atoms with van der Waals surface area (Å²) in [6.45, 7) is 6.67. The highest BCUT2D eigenvalue weighted by Gasteiger charge is 2.08. The summed E-state index contributed by atoms with van der Waals surface area (Å²) in [4.78, 5) is 24.2. The largest absolute Gasteiger partial charge is 0.368 e. The number of carbonyl (C=O) groups excluding carboxylic acids is 1. The molecular weight excluding hydrogens is 509 g/mol. The van der Waals surface area contributed by atoms with Gasteiger partial charge in [0, 0.05) is 35.1 Å². The fraction of sp³-hybridized carbons (Fsp3) is 0.407. The smallest absolute Gasteiger partial charge is 0.239 e. The number of amides is 1. The van der Waals surface area contributed by atoms with E-state index in [-0.39, 0.29) is 18.4 Å². The number of anilines is 2. The van der Waals surface area contributed by atoms with Gasteiger partial charge < -0.3 is 16.4 Å². The minimum absolute atomic E-state index is 0.0189. The highest BCUT2D eigenvalue weighted by atomic mass is 35.5. The Bertz CT molecular complexity index is 1080. The van der Waals surface area contributed by atoms with Crippen molar-refractivity contribution in [3.63, 3.8) is 0 Å². The molecule has 1 aliphatic rings. The number of rotatable bonds is 6. The molecule has 1 saturated carbocycles. The van der Waals surface area contributed by atoms with Crippen molar-refractivity contribution in [1.82, 2.24) is 24.8 Å². The Morgan fingerprint density at radius 2 is 1.84 bits per heavy atom. The summed E-state index contributed by atoms with van der Waals surface area (Å²) in [6.07, 6.45) is 20.4. The molecule has 0 radical (unpaired) electrons. The first-order chi connectivity index (χ1) is 17.9. The van der Waals surface area contributed by atoms with E-state index in [9.17, 15) is 4.79 Å². The SMILES string of the molecule is C#C.CC.CC1CCCCC1.Nc1nc(NCC(=O)NCc2ccc(Cl)cc2Cl)cc(-n2ccnc2)n1. The third-order valence-electron chi connectivity index (χ3n) is 5.31. The van der Waals surface area contributed by atoms with E-state index in [1.807, 2.05) is 13.8 Å². The van der Waals surface area contributed by atoms with Crippen LogP contribution in [-0.2, 0) is 11.3 Å². The number of aromatic nitrogens is 4. The summed E-state index contributed by atoms with van der Waals surface area (Å²) in [5.41, 5.74) is 6.49. The lowest BCUT2D eigenvalue weighted by Crippen LogP contribution is -2.29. The van der Waals surface area contributed by atoms with Crippen molar-refractivity contribution < 1.29 is 4.79 Å². The fourth-order valence-electron chi connectivity index (χ4n) is 3.47. The van der Waals surface area contributed by atoms with Crippen molar-refractivity contribution in [2.24, 2.45) is 5.92 Å². The van der Waals surface area contributed by atoms with Crippen molar-refractivity contribution in [1.29, 1.82) is 0 Å². The van der Waals surface area contributed by atoms with Gasteiger partial charge in [0.25, 0.3) is 0 Å². The Labute approximate surface area is 230 Å². The average molecular weight is 547 g/mol. The number of hydrogen-bond acceptors (Lipinski definition) is 6. The normalized spacial score (nSPS) is 12.4. The first-order valence-electron chi connectivity index (χ1n) is 12.3. The van der Waals surface area contributed by atoms with Crippen LogP contribution in [0.5, 0.6) is 0 Å². The molecule has 0 spiro atoms. The number of nitrogens with one attached hydrogen (secondary N) is 2. The van der Waals surface area contributed by atoms with E-state index in [0.29, 0.717) is 28.2 Å². The predicted molar refractivity (Wildman–Crippen MR) is 154 cm³/mol. The van der Waals surface area contributed by atoms with Gasteiger partial charge in [0.05, 0.1) is 6.54 Å². The molecule has 10 heteroatoms. The van der Waals surface area contributed by atoms with E-state index in [4.69, 9.17) is 28.9 Å². The molecule has 1 aliphatic carbocycles. The zero-order valence-corrected chi connectivity index (χ0v) is 23.3. The van der Waals surface area contributed by atoms with Crippen LogP contribution in [0.25, 0.3) is 5.82 Å². The molecule has 2 aromatic heterocycles. The van der Waals surface area contributed by atoms with Crippen LogP contribution in [0.1, 0.15) is 58.4 Å². The van der Waals surface area contributed by atoms with E-state index in [0.717, 1.165) is 11.5 Å². The maximum atomic E-state index is 12.0. The topological polar surface area (TPSA) is 111 Å². The molecule has 4 N–H and O–H groups in total. The highest BCUT2D eigenvalue weighted by molar-refractivity contribution is 6.35.